The van der Waals surface area contributed by atoms with Gasteiger partial charge in [-0.15, -0.1) is 0 Å². The first-order chi connectivity index (χ1) is 10.1. The van der Waals surface area contributed by atoms with Crippen LogP contribution in [0, 0.1) is 5.92 Å². The first kappa shape index (κ1) is 16.1. The molecule has 0 aromatic carbocycles. The van der Waals surface area contributed by atoms with Crippen LogP contribution in [0.3, 0.4) is 0 Å². The lowest BCUT2D eigenvalue weighted by Gasteiger charge is -2.49. The van der Waals surface area contributed by atoms with Crippen molar-refractivity contribution in [3.05, 3.63) is 0 Å². The minimum atomic E-state index is 0.158. The van der Waals surface area contributed by atoms with Gasteiger partial charge in [-0.3, -0.25) is 4.90 Å². The highest BCUT2D eigenvalue weighted by Crippen LogP contribution is 2.43. The summed E-state index contributed by atoms with van der Waals surface area (Å²) in [6.45, 7) is 8.12. The second-order valence-corrected chi connectivity index (χ2v) is 8.62. The van der Waals surface area contributed by atoms with Crippen molar-refractivity contribution in [1.29, 1.82) is 0 Å². The third-order valence-electron chi connectivity index (χ3n) is 6.37. The maximum absolute atomic E-state index is 6.86. The average Bonchev–Trinajstić information content (AvgIpc) is 3.18. The molecule has 0 radical (unpaired) electrons. The predicted molar refractivity (Wildman–Crippen MR) is 90.8 cm³/mol. The molecule has 0 aliphatic carbocycles. The third-order valence-corrected chi connectivity index (χ3v) is 7.59. The second-order valence-electron chi connectivity index (χ2n) is 7.52. The Labute approximate surface area is 134 Å². The molecular weight excluding hydrogens is 280 g/mol. The van der Waals surface area contributed by atoms with E-state index in [9.17, 15) is 0 Å². The van der Waals surface area contributed by atoms with Gasteiger partial charge in [0.25, 0.3) is 0 Å². The van der Waals surface area contributed by atoms with Crippen LogP contribution in [0.1, 0.15) is 52.4 Å². The Bertz CT molecular complexity index is 353. The Kier molecular flexibility index (Phi) is 4.90. The molecule has 0 aromatic rings. The van der Waals surface area contributed by atoms with Crippen molar-refractivity contribution >= 4 is 11.8 Å². The molecule has 3 heterocycles. The zero-order valence-corrected chi connectivity index (χ0v) is 14.6. The number of hydrogen-bond donors (Lipinski definition) is 1. The minimum absolute atomic E-state index is 0.158. The highest BCUT2D eigenvalue weighted by molar-refractivity contribution is 7.99. The SMILES string of the molecule is CCC(C)(C(N)C1CCOC2(CCSC2)C1)N1CCCC1. The molecular formula is C17H32N2OS. The van der Waals surface area contributed by atoms with Gasteiger partial charge in [-0.2, -0.15) is 11.8 Å². The number of ether oxygens (including phenoxy) is 1. The zero-order chi connectivity index (χ0) is 14.9. The summed E-state index contributed by atoms with van der Waals surface area (Å²) < 4.78 is 6.19. The van der Waals surface area contributed by atoms with Crippen molar-refractivity contribution in [2.24, 2.45) is 11.7 Å². The van der Waals surface area contributed by atoms with Crippen molar-refractivity contribution in [1.82, 2.24) is 4.90 Å². The predicted octanol–water partition coefficient (Wildman–Crippen LogP) is 2.88. The number of nitrogens with two attached hydrogens (primary N) is 1. The second kappa shape index (κ2) is 6.38. The Balaban J connectivity index is 1.71. The highest BCUT2D eigenvalue weighted by Gasteiger charge is 2.47. The zero-order valence-electron chi connectivity index (χ0n) is 13.8. The molecule has 4 atom stereocenters. The molecule has 4 heteroatoms. The van der Waals surface area contributed by atoms with E-state index in [0.29, 0.717) is 5.92 Å². The molecule has 3 aliphatic heterocycles. The maximum atomic E-state index is 6.86. The van der Waals surface area contributed by atoms with Crippen LogP contribution in [0.25, 0.3) is 0 Å². The van der Waals surface area contributed by atoms with E-state index >= 15 is 0 Å². The van der Waals surface area contributed by atoms with Crippen molar-refractivity contribution in [2.75, 3.05) is 31.2 Å². The molecule has 3 nitrogen and oxygen atoms in total. The van der Waals surface area contributed by atoms with Gasteiger partial charge in [-0.25, -0.2) is 0 Å². The van der Waals surface area contributed by atoms with Crippen LogP contribution >= 0.6 is 11.8 Å². The summed E-state index contributed by atoms with van der Waals surface area (Å²) in [5.74, 6) is 3.07. The largest absolute Gasteiger partial charge is 0.374 e. The third kappa shape index (κ3) is 3.01. The van der Waals surface area contributed by atoms with E-state index in [1.807, 2.05) is 0 Å². The summed E-state index contributed by atoms with van der Waals surface area (Å²) in [7, 11) is 0. The summed E-state index contributed by atoms with van der Waals surface area (Å²) in [4.78, 5) is 2.67. The first-order valence-corrected chi connectivity index (χ1v) is 9.97. The summed E-state index contributed by atoms with van der Waals surface area (Å²) >= 11 is 2.06. The molecule has 3 fully saturated rings. The molecule has 0 bridgehead atoms. The fraction of sp³-hybridized carbons (Fsp3) is 1.00. The standard InChI is InChI=1S/C17H32N2OS/c1-3-16(2,19-8-4-5-9-19)15(18)14-6-10-20-17(12-14)7-11-21-13-17/h14-15H,3-13,18H2,1-2H3. The van der Waals surface area contributed by atoms with Gasteiger partial charge in [0, 0.05) is 23.9 Å². The van der Waals surface area contributed by atoms with E-state index in [0.717, 1.165) is 19.4 Å². The Hall–Kier alpha value is 0.230. The average molecular weight is 313 g/mol. The number of nitrogens with zero attached hydrogens (tertiary/aromatic N) is 1. The lowest BCUT2D eigenvalue weighted by atomic mass is 9.73. The molecule has 4 unspecified atom stereocenters. The van der Waals surface area contributed by atoms with Crippen LogP contribution < -0.4 is 5.73 Å². The lowest BCUT2D eigenvalue weighted by Crippen LogP contribution is -2.61. The molecule has 21 heavy (non-hydrogen) atoms. The topological polar surface area (TPSA) is 38.5 Å². The number of rotatable bonds is 4. The van der Waals surface area contributed by atoms with Crippen LogP contribution in [0.5, 0.6) is 0 Å². The monoisotopic (exact) mass is 312 g/mol. The highest BCUT2D eigenvalue weighted by atomic mass is 32.2. The molecule has 3 aliphatic rings. The van der Waals surface area contributed by atoms with Crippen LogP contribution in [-0.4, -0.2) is 53.3 Å². The van der Waals surface area contributed by atoms with Crippen molar-refractivity contribution in [2.45, 2.75) is 69.6 Å². The fourth-order valence-electron chi connectivity index (χ4n) is 4.64. The quantitative estimate of drug-likeness (QED) is 0.866. The van der Waals surface area contributed by atoms with Gasteiger partial charge in [0.2, 0.25) is 0 Å². The van der Waals surface area contributed by atoms with Gasteiger partial charge >= 0.3 is 0 Å². The van der Waals surface area contributed by atoms with Crippen molar-refractivity contribution in [3.63, 3.8) is 0 Å². The van der Waals surface area contributed by atoms with Gasteiger partial charge in [0.15, 0.2) is 0 Å². The van der Waals surface area contributed by atoms with E-state index in [4.69, 9.17) is 10.5 Å². The van der Waals surface area contributed by atoms with E-state index in [-0.39, 0.29) is 17.2 Å². The molecule has 0 amide bonds. The van der Waals surface area contributed by atoms with Crippen molar-refractivity contribution < 1.29 is 4.74 Å². The van der Waals surface area contributed by atoms with Crippen LogP contribution in [0.2, 0.25) is 0 Å². The molecule has 0 saturated carbocycles. The van der Waals surface area contributed by atoms with E-state index in [1.165, 1.54) is 50.3 Å². The molecule has 1 spiro atoms. The molecule has 122 valence electrons. The molecule has 2 N–H and O–H groups in total. The Morgan fingerprint density at radius 1 is 1.43 bits per heavy atom. The van der Waals surface area contributed by atoms with Crippen LogP contribution in [-0.2, 0) is 4.74 Å². The fourth-order valence-corrected chi connectivity index (χ4v) is 6.02. The van der Waals surface area contributed by atoms with Gasteiger partial charge < -0.3 is 10.5 Å². The minimum Gasteiger partial charge on any atom is -0.374 e. The number of likely N-dealkylation sites (tertiary alicyclic amines) is 1. The molecule has 0 aromatic heterocycles. The van der Waals surface area contributed by atoms with Gasteiger partial charge in [-0.1, -0.05) is 6.92 Å². The summed E-state index contributed by atoms with van der Waals surface area (Å²) in [6, 6.07) is 0.284. The van der Waals surface area contributed by atoms with Crippen LogP contribution in [0.4, 0.5) is 0 Å². The van der Waals surface area contributed by atoms with E-state index in [2.05, 4.69) is 30.5 Å². The van der Waals surface area contributed by atoms with Gasteiger partial charge in [0.05, 0.1) is 5.60 Å². The summed E-state index contributed by atoms with van der Waals surface area (Å²) in [5.41, 5.74) is 7.19. The smallest absolute Gasteiger partial charge is 0.0783 e. The summed E-state index contributed by atoms with van der Waals surface area (Å²) in [5, 5.41) is 0. The van der Waals surface area contributed by atoms with E-state index < -0.39 is 0 Å². The number of hydrogen-bond acceptors (Lipinski definition) is 4. The maximum Gasteiger partial charge on any atom is 0.0783 e. The lowest BCUT2D eigenvalue weighted by molar-refractivity contribution is -0.0927. The normalized spacial score (nSPS) is 38.7. The Morgan fingerprint density at radius 2 is 2.19 bits per heavy atom. The van der Waals surface area contributed by atoms with Gasteiger partial charge in [0.1, 0.15) is 0 Å². The number of thioether (sulfide) groups is 1. The Morgan fingerprint density at radius 3 is 2.81 bits per heavy atom. The molecule has 3 rings (SSSR count). The van der Waals surface area contributed by atoms with Crippen molar-refractivity contribution in [3.8, 4) is 0 Å². The van der Waals surface area contributed by atoms with Crippen LogP contribution in [0.15, 0.2) is 0 Å². The van der Waals surface area contributed by atoms with Gasteiger partial charge in [-0.05, 0) is 70.2 Å². The van der Waals surface area contributed by atoms with E-state index in [1.54, 1.807) is 0 Å². The first-order valence-electron chi connectivity index (χ1n) is 8.82. The summed E-state index contributed by atoms with van der Waals surface area (Å²) in [6.07, 6.45) is 7.41. The molecule has 3 saturated heterocycles.